The maximum atomic E-state index is 13.2. The Hall–Kier alpha value is -4.50. The Morgan fingerprint density at radius 1 is 0.831 bits per heavy atom. The number of sulfonamides is 1. The van der Waals surface area contributed by atoms with Crippen LogP contribution in [0.15, 0.2) is 41.3 Å². The van der Waals surface area contributed by atoms with Crippen LogP contribution in [0.4, 0.5) is 10.5 Å². The average molecular weight is 863 g/mol. The van der Waals surface area contributed by atoms with Gasteiger partial charge in [0.15, 0.2) is 5.78 Å². The Morgan fingerprint density at radius 3 is 2.20 bits per heavy atom. The fourth-order valence-electron chi connectivity index (χ4n) is 6.84. The van der Waals surface area contributed by atoms with Crippen molar-refractivity contribution in [3.05, 3.63) is 36.4 Å². The van der Waals surface area contributed by atoms with Gasteiger partial charge < -0.3 is 46.7 Å². The van der Waals surface area contributed by atoms with E-state index in [1.54, 1.807) is 18.2 Å². The highest BCUT2D eigenvalue weighted by atomic mass is 32.2. The molecule has 326 valence electrons. The molecule has 0 aromatic heterocycles. The molecule has 59 heavy (non-hydrogen) atoms. The number of ketones is 1. The maximum Gasteiger partial charge on any atom is 0.315 e. The standard InChI is InChI=1S/C39H58N8O10S2/c1-47(2)30-9-5-8-27-26(30)7-6-11-33(27)59(54,55)43-18-17-37(52)44-28(13-15-34(40)49)31(48)14-16-36(51)42-20-22-57-24-23-56-21-19-41-35(50)12-4-3-10-32-38-29(25-58-32)45-39(53)46-38/h5-9,11,28-29,32,38,43H,3-4,10,12-25H2,1-2H3,(H2,40,49)(H,41,50)(H,42,51)(H,44,52)(H2,45,46,53)/t28?,29-,32-,38-/m0/s1. The first-order valence-electron chi connectivity index (χ1n) is 19.9. The zero-order chi connectivity index (χ0) is 42.8. The smallest absolute Gasteiger partial charge is 0.315 e. The molecule has 6 amide bonds. The Kier molecular flexibility index (Phi) is 19.1. The first-order chi connectivity index (χ1) is 28.2. The zero-order valence-electron chi connectivity index (χ0n) is 33.7. The van der Waals surface area contributed by atoms with Gasteiger partial charge in [0.05, 0.1) is 49.4 Å². The van der Waals surface area contributed by atoms with E-state index >= 15 is 0 Å². The van der Waals surface area contributed by atoms with Gasteiger partial charge in [-0.2, -0.15) is 11.8 Å². The van der Waals surface area contributed by atoms with Gasteiger partial charge in [0.2, 0.25) is 33.7 Å². The highest BCUT2D eigenvalue weighted by Crippen LogP contribution is 2.33. The second-order valence-corrected chi connectivity index (χ2v) is 17.6. The van der Waals surface area contributed by atoms with Crippen molar-refractivity contribution in [3.8, 4) is 0 Å². The summed E-state index contributed by atoms with van der Waals surface area (Å²) in [6.07, 6.45) is 2.21. The van der Waals surface area contributed by atoms with Crippen molar-refractivity contribution in [2.45, 2.75) is 86.1 Å². The van der Waals surface area contributed by atoms with Gasteiger partial charge in [0, 0.05) is 93.3 Å². The molecule has 4 rings (SSSR count). The summed E-state index contributed by atoms with van der Waals surface area (Å²) in [7, 11) is -0.271. The lowest BCUT2D eigenvalue weighted by molar-refractivity contribution is -0.129. The number of anilines is 1. The Balaban J connectivity index is 1.03. The molecule has 2 aliphatic heterocycles. The molecular weight excluding hydrogens is 805 g/mol. The molecular formula is C39H58N8O10S2. The molecule has 4 atom stereocenters. The Labute approximate surface area is 349 Å². The van der Waals surface area contributed by atoms with Crippen molar-refractivity contribution in [1.82, 2.24) is 31.3 Å². The van der Waals surface area contributed by atoms with Gasteiger partial charge in [0.1, 0.15) is 0 Å². The number of hydrogen-bond acceptors (Lipinski definition) is 12. The lowest BCUT2D eigenvalue weighted by atomic mass is 10.0. The van der Waals surface area contributed by atoms with E-state index in [0.29, 0.717) is 36.8 Å². The number of Topliss-reactive ketones (excluding diaryl/α,β-unsaturated/α-hetero) is 1. The normalized spacial score (nSPS) is 17.7. The second-order valence-electron chi connectivity index (χ2n) is 14.6. The van der Waals surface area contributed by atoms with Gasteiger partial charge in [-0.3, -0.25) is 24.0 Å². The number of thioether (sulfide) groups is 1. The predicted octanol–water partition coefficient (Wildman–Crippen LogP) is 0.665. The number of ether oxygens (including phenoxy) is 2. The highest BCUT2D eigenvalue weighted by Gasteiger charge is 2.42. The van der Waals surface area contributed by atoms with E-state index in [1.807, 2.05) is 42.9 Å². The lowest BCUT2D eigenvalue weighted by Gasteiger charge is -2.18. The summed E-state index contributed by atoms with van der Waals surface area (Å²) >= 11 is 1.86. The minimum atomic E-state index is -4.00. The number of rotatable bonds is 28. The molecule has 2 heterocycles. The number of nitrogens with one attached hydrogen (secondary N) is 6. The van der Waals surface area contributed by atoms with Crippen LogP contribution in [0.1, 0.15) is 57.8 Å². The van der Waals surface area contributed by atoms with Gasteiger partial charge in [-0.15, -0.1) is 0 Å². The molecule has 8 N–H and O–H groups in total. The number of carbonyl (C=O) groups is 6. The molecule has 18 nitrogen and oxygen atoms in total. The molecule has 2 aromatic carbocycles. The lowest BCUT2D eigenvalue weighted by Crippen LogP contribution is -2.43. The van der Waals surface area contributed by atoms with Crippen molar-refractivity contribution < 1.29 is 46.7 Å². The summed E-state index contributed by atoms with van der Waals surface area (Å²) in [5, 5.41) is 15.6. The Morgan fingerprint density at radius 2 is 1.51 bits per heavy atom. The van der Waals surface area contributed by atoms with Crippen molar-refractivity contribution >= 4 is 73.7 Å². The van der Waals surface area contributed by atoms with E-state index in [-0.39, 0.29) is 87.3 Å². The van der Waals surface area contributed by atoms with E-state index in [2.05, 4.69) is 31.3 Å². The molecule has 20 heteroatoms. The molecule has 0 aliphatic carbocycles. The number of primary amides is 1. The fraction of sp³-hybridized carbons (Fsp3) is 0.590. The monoisotopic (exact) mass is 862 g/mol. The summed E-state index contributed by atoms with van der Waals surface area (Å²) in [4.78, 5) is 75.2. The maximum absolute atomic E-state index is 13.2. The van der Waals surface area contributed by atoms with Crippen LogP contribution in [0, 0.1) is 0 Å². The molecule has 0 saturated carbocycles. The summed E-state index contributed by atoms with van der Waals surface area (Å²) in [5.74, 6) is -1.26. The molecule has 2 saturated heterocycles. The van der Waals surface area contributed by atoms with Crippen molar-refractivity contribution in [2.75, 3.05) is 70.8 Å². The van der Waals surface area contributed by atoms with Crippen molar-refractivity contribution in [3.63, 3.8) is 0 Å². The summed E-state index contributed by atoms with van der Waals surface area (Å²) in [6, 6.07) is 9.53. The minimum absolute atomic E-state index is 0.0311. The number of carbonyl (C=O) groups excluding carboxylic acids is 6. The first kappa shape index (κ1) is 47.2. The SMILES string of the molecule is CN(C)c1cccc2c(S(=O)(=O)NCCC(=O)NC(CCC(N)=O)C(=O)CCC(=O)NCCOCCOCCNC(=O)CCCC[C@@H]3SC[C@@H]4NC(=O)N[C@@H]43)cccc12. The van der Waals surface area contributed by atoms with Crippen LogP contribution in [-0.4, -0.2) is 133 Å². The van der Waals surface area contributed by atoms with Gasteiger partial charge in [-0.1, -0.05) is 30.7 Å². The number of nitrogens with two attached hydrogens (primary N) is 1. The van der Waals surface area contributed by atoms with Crippen LogP contribution >= 0.6 is 11.8 Å². The van der Waals surface area contributed by atoms with Crippen LogP contribution < -0.4 is 41.9 Å². The van der Waals surface area contributed by atoms with Crippen molar-refractivity contribution in [1.29, 1.82) is 0 Å². The molecule has 2 fully saturated rings. The molecule has 1 unspecified atom stereocenters. The second kappa shape index (κ2) is 23.9. The van der Waals surface area contributed by atoms with Gasteiger partial charge in [0.25, 0.3) is 0 Å². The van der Waals surface area contributed by atoms with E-state index in [4.69, 9.17) is 15.2 Å². The molecule has 0 spiro atoms. The van der Waals surface area contributed by atoms with Gasteiger partial charge in [-0.05, 0) is 31.4 Å². The number of fused-ring (bicyclic) bond motifs is 2. The molecule has 0 bridgehead atoms. The van der Waals surface area contributed by atoms with Crippen LogP contribution in [0.3, 0.4) is 0 Å². The van der Waals surface area contributed by atoms with E-state index in [9.17, 15) is 37.2 Å². The summed E-state index contributed by atoms with van der Waals surface area (Å²) < 4.78 is 39.8. The number of unbranched alkanes of at least 4 members (excludes halogenated alkanes) is 1. The van der Waals surface area contributed by atoms with Gasteiger partial charge >= 0.3 is 6.03 Å². The van der Waals surface area contributed by atoms with Crippen LogP contribution in [0.5, 0.6) is 0 Å². The predicted molar refractivity (Wildman–Crippen MR) is 224 cm³/mol. The number of benzene rings is 2. The highest BCUT2D eigenvalue weighted by molar-refractivity contribution is 8.00. The third kappa shape index (κ3) is 15.6. The topological polar surface area (TPSA) is 256 Å². The van der Waals surface area contributed by atoms with Crippen molar-refractivity contribution in [2.24, 2.45) is 5.73 Å². The Bertz CT molecular complexity index is 1880. The van der Waals surface area contributed by atoms with Crippen LogP contribution in [0.25, 0.3) is 10.8 Å². The summed E-state index contributed by atoms with van der Waals surface area (Å²) in [6.45, 7) is 1.46. The largest absolute Gasteiger partial charge is 0.377 e. The minimum Gasteiger partial charge on any atom is -0.377 e. The first-order valence-corrected chi connectivity index (χ1v) is 22.4. The molecule has 2 aromatic rings. The van der Waals surface area contributed by atoms with E-state index in [1.165, 1.54) is 6.07 Å². The van der Waals surface area contributed by atoms with E-state index in [0.717, 1.165) is 36.1 Å². The van der Waals surface area contributed by atoms with Gasteiger partial charge in [-0.25, -0.2) is 17.9 Å². The zero-order valence-corrected chi connectivity index (χ0v) is 35.4. The third-order valence-corrected chi connectivity index (χ3v) is 12.9. The van der Waals surface area contributed by atoms with E-state index < -0.39 is 39.6 Å². The number of urea groups is 1. The molecule has 0 radical (unpaired) electrons. The molecule has 2 aliphatic rings. The number of amides is 6. The van der Waals surface area contributed by atoms with Crippen LogP contribution in [-0.2, 0) is 43.5 Å². The quantitative estimate of drug-likeness (QED) is 0.0461. The summed E-state index contributed by atoms with van der Waals surface area (Å²) in [5.41, 5.74) is 6.12. The fourth-order valence-corrected chi connectivity index (χ4v) is 9.64. The number of nitrogens with zero attached hydrogens (tertiary/aromatic N) is 1. The number of hydrogen-bond donors (Lipinski definition) is 7. The van der Waals surface area contributed by atoms with Crippen LogP contribution in [0.2, 0.25) is 0 Å². The third-order valence-electron chi connectivity index (χ3n) is 9.87. The average Bonchev–Trinajstić information content (AvgIpc) is 3.75.